The van der Waals surface area contributed by atoms with Gasteiger partial charge < -0.3 is 25.2 Å². The molecular weight excluding hydrogens is 346 g/mol. The van der Waals surface area contributed by atoms with Gasteiger partial charge in [0.05, 0.1) is 24.3 Å². The van der Waals surface area contributed by atoms with Crippen molar-refractivity contribution in [2.75, 3.05) is 31.1 Å². The number of hydrogen-bond donors (Lipinski definition) is 3. The van der Waals surface area contributed by atoms with Gasteiger partial charge in [0, 0.05) is 31.9 Å². The lowest BCUT2D eigenvalue weighted by Gasteiger charge is -2.41. The highest BCUT2D eigenvalue weighted by molar-refractivity contribution is 5.68. The molecular formula is C20H31N3O4. The zero-order chi connectivity index (χ0) is 19.6. The summed E-state index contributed by atoms with van der Waals surface area (Å²) in [5.41, 5.74) is 0.591. The number of amides is 1. The predicted octanol–water partition coefficient (Wildman–Crippen LogP) is 1.20. The third kappa shape index (κ3) is 4.91. The second-order valence-corrected chi connectivity index (χ2v) is 8.40. The Morgan fingerprint density at radius 3 is 2.33 bits per heavy atom. The summed E-state index contributed by atoms with van der Waals surface area (Å²) in [6.07, 6.45) is -1.74. The molecule has 7 nitrogen and oxygen atoms in total. The number of ether oxygens (including phenoxy) is 1. The molecule has 2 aliphatic rings. The molecule has 4 atom stereocenters. The molecule has 0 bridgehead atoms. The number of carbonyl (C=O) groups excluding carboxylic acids is 1. The van der Waals surface area contributed by atoms with Gasteiger partial charge in [0.1, 0.15) is 5.60 Å². The van der Waals surface area contributed by atoms with Crippen molar-refractivity contribution in [1.29, 1.82) is 0 Å². The minimum atomic E-state index is -0.823. The summed E-state index contributed by atoms with van der Waals surface area (Å²) in [6, 6.07) is 9.36. The molecule has 1 aliphatic heterocycles. The minimum Gasteiger partial charge on any atom is -0.444 e. The van der Waals surface area contributed by atoms with Crippen LogP contribution in [-0.4, -0.2) is 77.3 Å². The lowest BCUT2D eigenvalue weighted by molar-refractivity contribution is 0.00313. The standard InChI is InChI=1S/C20H31N3O4/c1-20(2,3)27-19(26)21-15-13-16(24)17(18(15)25)23-11-9-22(10-12-23)14-7-5-4-6-8-14/h4-8,15-18,24-25H,9-13H2,1-3H3,(H,21,26)/t15-,16+,17-,18-/m1/s1. The van der Waals surface area contributed by atoms with E-state index >= 15 is 0 Å². The molecule has 150 valence electrons. The normalized spacial score (nSPS) is 29.6. The van der Waals surface area contributed by atoms with E-state index in [2.05, 4.69) is 27.2 Å². The minimum absolute atomic E-state index is 0.323. The Labute approximate surface area is 160 Å². The van der Waals surface area contributed by atoms with Crippen molar-refractivity contribution >= 4 is 11.8 Å². The number of nitrogens with zero attached hydrogens (tertiary/aromatic N) is 2. The molecule has 1 aliphatic carbocycles. The molecule has 0 radical (unpaired) electrons. The topological polar surface area (TPSA) is 85.3 Å². The van der Waals surface area contributed by atoms with Gasteiger partial charge in [-0.15, -0.1) is 0 Å². The van der Waals surface area contributed by atoms with E-state index in [0.717, 1.165) is 26.2 Å². The Hall–Kier alpha value is -1.83. The largest absolute Gasteiger partial charge is 0.444 e. The highest BCUT2D eigenvalue weighted by atomic mass is 16.6. The summed E-state index contributed by atoms with van der Waals surface area (Å²) in [5, 5.41) is 23.9. The fourth-order valence-electron chi connectivity index (χ4n) is 3.98. The number of nitrogens with one attached hydrogen (secondary N) is 1. The average molecular weight is 377 g/mol. The first-order valence-corrected chi connectivity index (χ1v) is 9.64. The summed E-state index contributed by atoms with van der Waals surface area (Å²) in [7, 11) is 0. The van der Waals surface area contributed by atoms with Crippen LogP contribution in [0.5, 0.6) is 0 Å². The third-order valence-electron chi connectivity index (χ3n) is 5.21. The molecule has 0 spiro atoms. The first-order chi connectivity index (χ1) is 12.7. The van der Waals surface area contributed by atoms with Crippen molar-refractivity contribution in [2.24, 2.45) is 0 Å². The summed E-state index contributed by atoms with van der Waals surface area (Å²) in [5.74, 6) is 0. The SMILES string of the molecule is CC(C)(C)OC(=O)N[C@@H]1C[C@H](O)[C@@H](N2CCN(c3ccccc3)CC2)[C@@H]1O. The van der Waals surface area contributed by atoms with Gasteiger partial charge in [-0.1, -0.05) is 18.2 Å². The van der Waals surface area contributed by atoms with Gasteiger partial charge >= 0.3 is 6.09 Å². The van der Waals surface area contributed by atoms with Gasteiger partial charge in [-0.05, 0) is 39.3 Å². The molecule has 3 N–H and O–H groups in total. The third-order valence-corrected chi connectivity index (χ3v) is 5.21. The quantitative estimate of drug-likeness (QED) is 0.734. The Balaban J connectivity index is 1.55. The van der Waals surface area contributed by atoms with E-state index in [9.17, 15) is 15.0 Å². The van der Waals surface area contributed by atoms with Crippen LogP contribution in [0.15, 0.2) is 30.3 Å². The summed E-state index contributed by atoms with van der Waals surface area (Å²) >= 11 is 0. The fourth-order valence-corrected chi connectivity index (χ4v) is 3.98. The van der Waals surface area contributed by atoms with Crippen LogP contribution in [0.4, 0.5) is 10.5 Å². The summed E-state index contributed by atoms with van der Waals surface area (Å²) < 4.78 is 5.26. The van der Waals surface area contributed by atoms with E-state index in [0.29, 0.717) is 6.42 Å². The molecule has 1 aromatic rings. The van der Waals surface area contributed by atoms with E-state index in [1.165, 1.54) is 5.69 Å². The van der Waals surface area contributed by atoms with Crippen LogP contribution in [0.2, 0.25) is 0 Å². The molecule has 1 aromatic carbocycles. The van der Waals surface area contributed by atoms with Crippen LogP contribution in [0, 0.1) is 0 Å². The van der Waals surface area contributed by atoms with Gasteiger partial charge in [0.2, 0.25) is 0 Å². The number of alkyl carbamates (subject to hydrolysis) is 1. The molecule has 7 heteroatoms. The molecule has 0 unspecified atom stereocenters. The second-order valence-electron chi connectivity index (χ2n) is 8.40. The Morgan fingerprint density at radius 1 is 1.11 bits per heavy atom. The number of carbonyl (C=O) groups is 1. The van der Waals surface area contributed by atoms with E-state index in [4.69, 9.17) is 4.74 Å². The van der Waals surface area contributed by atoms with Crippen molar-refractivity contribution < 1.29 is 19.7 Å². The Kier molecular flexibility index (Phi) is 5.93. The van der Waals surface area contributed by atoms with Crippen molar-refractivity contribution in [1.82, 2.24) is 10.2 Å². The smallest absolute Gasteiger partial charge is 0.407 e. The van der Waals surface area contributed by atoms with Gasteiger partial charge in [-0.2, -0.15) is 0 Å². The van der Waals surface area contributed by atoms with Crippen LogP contribution in [0.3, 0.4) is 0 Å². The van der Waals surface area contributed by atoms with Crippen molar-refractivity contribution in [3.8, 4) is 0 Å². The van der Waals surface area contributed by atoms with E-state index in [-0.39, 0.29) is 6.04 Å². The first-order valence-electron chi connectivity index (χ1n) is 9.64. The van der Waals surface area contributed by atoms with E-state index < -0.39 is 29.9 Å². The highest BCUT2D eigenvalue weighted by Gasteiger charge is 2.46. The molecule has 1 saturated carbocycles. The maximum absolute atomic E-state index is 12.0. The van der Waals surface area contributed by atoms with Crippen LogP contribution in [-0.2, 0) is 4.74 Å². The predicted molar refractivity (Wildman–Crippen MR) is 104 cm³/mol. The number of rotatable bonds is 3. The van der Waals surface area contributed by atoms with Crippen molar-refractivity contribution in [2.45, 2.75) is 57.1 Å². The first kappa shape index (κ1) is 19.9. The van der Waals surface area contributed by atoms with Crippen LogP contribution >= 0.6 is 0 Å². The maximum atomic E-state index is 12.0. The van der Waals surface area contributed by atoms with E-state index in [1.807, 2.05) is 18.2 Å². The fraction of sp³-hybridized carbons (Fsp3) is 0.650. The molecule has 1 heterocycles. The molecule has 0 aromatic heterocycles. The van der Waals surface area contributed by atoms with Gasteiger partial charge in [0.25, 0.3) is 0 Å². The van der Waals surface area contributed by atoms with Crippen LogP contribution in [0.25, 0.3) is 0 Å². The molecule has 2 fully saturated rings. The number of benzene rings is 1. The number of aliphatic hydroxyl groups excluding tert-OH is 2. The second kappa shape index (κ2) is 8.04. The van der Waals surface area contributed by atoms with Gasteiger partial charge in [-0.3, -0.25) is 4.90 Å². The number of hydrogen-bond acceptors (Lipinski definition) is 6. The van der Waals surface area contributed by atoms with Gasteiger partial charge in [0.15, 0.2) is 0 Å². The lowest BCUT2D eigenvalue weighted by Crippen LogP contribution is -2.57. The number of aliphatic hydroxyl groups is 2. The zero-order valence-corrected chi connectivity index (χ0v) is 16.3. The number of anilines is 1. The maximum Gasteiger partial charge on any atom is 0.407 e. The summed E-state index contributed by atoms with van der Waals surface area (Å²) in [6.45, 7) is 8.57. The average Bonchev–Trinajstić information content (AvgIpc) is 2.88. The molecule has 27 heavy (non-hydrogen) atoms. The Morgan fingerprint density at radius 2 is 1.74 bits per heavy atom. The van der Waals surface area contributed by atoms with Crippen molar-refractivity contribution in [3.05, 3.63) is 30.3 Å². The lowest BCUT2D eigenvalue weighted by atomic mass is 10.1. The molecule has 1 saturated heterocycles. The van der Waals surface area contributed by atoms with Gasteiger partial charge in [-0.25, -0.2) is 4.79 Å². The van der Waals surface area contributed by atoms with Crippen LogP contribution in [0.1, 0.15) is 27.2 Å². The monoisotopic (exact) mass is 377 g/mol. The number of piperazine rings is 1. The number of para-hydroxylation sites is 1. The molecule has 3 rings (SSSR count). The zero-order valence-electron chi connectivity index (χ0n) is 16.3. The van der Waals surface area contributed by atoms with E-state index in [1.54, 1.807) is 20.8 Å². The Bertz CT molecular complexity index is 626. The molecule has 1 amide bonds. The van der Waals surface area contributed by atoms with Crippen molar-refractivity contribution in [3.63, 3.8) is 0 Å². The van der Waals surface area contributed by atoms with Crippen LogP contribution < -0.4 is 10.2 Å². The summed E-state index contributed by atoms with van der Waals surface area (Å²) in [4.78, 5) is 16.4. The highest BCUT2D eigenvalue weighted by Crippen LogP contribution is 2.28.